The SMILES string of the molecule is Nc1cnccc1-c1ccc(Cl)cc1. The first-order valence-corrected chi connectivity index (χ1v) is 4.60. The maximum absolute atomic E-state index is 5.80. The lowest BCUT2D eigenvalue weighted by Crippen LogP contribution is -1.90. The van der Waals surface area contributed by atoms with Gasteiger partial charge in [-0.25, -0.2) is 0 Å². The molecule has 0 atom stereocenters. The van der Waals surface area contributed by atoms with Crippen LogP contribution in [0.15, 0.2) is 42.7 Å². The number of rotatable bonds is 1. The molecule has 0 saturated carbocycles. The van der Waals surface area contributed by atoms with Gasteiger partial charge >= 0.3 is 0 Å². The number of hydrogen-bond acceptors (Lipinski definition) is 2. The Bertz CT molecular complexity index is 437. The average molecular weight is 205 g/mol. The molecule has 0 bridgehead atoms. The van der Waals surface area contributed by atoms with Gasteiger partial charge in [-0.05, 0) is 23.8 Å². The minimum Gasteiger partial charge on any atom is -0.397 e. The highest BCUT2D eigenvalue weighted by Crippen LogP contribution is 2.25. The van der Waals surface area contributed by atoms with E-state index in [0.717, 1.165) is 16.1 Å². The molecular formula is C11H9ClN2. The number of halogens is 1. The number of pyridine rings is 1. The zero-order valence-electron chi connectivity index (χ0n) is 7.44. The van der Waals surface area contributed by atoms with Crippen LogP contribution in [0.2, 0.25) is 5.02 Å². The lowest BCUT2D eigenvalue weighted by molar-refractivity contribution is 1.33. The van der Waals surface area contributed by atoms with Crippen LogP contribution in [0.4, 0.5) is 5.69 Å². The molecule has 70 valence electrons. The number of nitrogens with zero attached hydrogens (tertiary/aromatic N) is 1. The summed E-state index contributed by atoms with van der Waals surface area (Å²) in [7, 11) is 0. The van der Waals surface area contributed by atoms with Gasteiger partial charge in [0.25, 0.3) is 0 Å². The summed E-state index contributed by atoms with van der Waals surface area (Å²) in [6, 6.07) is 9.45. The van der Waals surface area contributed by atoms with Gasteiger partial charge in [0.05, 0.1) is 11.9 Å². The Labute approximate surface area is 87.4 Å². The molecule has 0 radical (unpaired) electrons. The zero-order chi connectivity index (χ0) is 9.97. The Morgan fingerprint density at radius 1 is 1.07 bits per heavy atom. The van der Waals surface area contributed by atoms with Crippen molar-refractivity contribution in [3.63, 3.8) is 0 Å². The molecular weight excluding hydrogens is 196 g/mol. The van der Waals surface area contributed by atoms with Crippen LogP contribution in [0.1, 0.15) is 0 Å². The molecule has 2 N–H and O–H groups in total. The average Bonchev–Trinajstić information content (AvgIpc) is 2.20. The van der Waals surface area contributed by atoms with Gasteiger partial charge in [0, 0.05) is 16.8 Å². The molecule has 2 aromatic rings. The molecule has 1 aromatic heterocycles. The van der Waals surface area contributed by atoms with Crippen molar-refractivity contribution < 1.29 is 0 Å². The van der Waals surface area contributed by atoms with Gasteiger partial charge in [-0.2, -0.15) is 0 Å². The van der Waals surface area contributed by atoms with Crippen LogP contribution < -0.4 is 5.73 Å². The first-order chi connectivity index (χ1) is 6.77. The molecule has 1 heterocycles. The van der Waals surface area contributed by atoms with E-state index in [1.807, 2.05) is 30.3 Å². The zero-order valence-corrected chi connectivity index (χ0v) is 8.20. The summed E-state index contributed by atoms with van der Waals surface area (Å²) in [5, 5.41) is 0.723. The standard InChI is InChI=1S/C11H9ClN2/c12-9-3-1-8(2-4-9)10-5-6-14-7-11(10)13/h1-7H,13H2. The van der Waals surface area contributed by atoms with Crippen molar-refractivity contribution in [2.45, 2.75) is 0 Å². The molecule has 0 aliphatic heterocycles. The normalized spacial score (nSPS) is 10.1. The van der Waals surface area contributed by atoms with E-state index in [1.54, 1.807) is 12.4 Å². The van der Waals surface area contributed by atoms with E-state index in [1.165, 1.54) is 0 Å². The van der Waals surface area contributed by atoms with Gasteiger partial charge in [-0.3, -0.25) is 4.98 Å². The topological polar surface area (TPSA) is 38.9 Å². The number of nitrogens with two attached hydrogens (primary N) is 1. The van der Waals surface area contributed by atoms with Crippen LogP contribution in [-0.4, -0.2) is 4.98 Å². The molecule has 1 aromatic carbocycles. The molecule has 0 aliphatic rings. The summed E-state index contributed by atoms with van der Waals surface area (Å²) in [5.74, 6) is 0. The van der Waals surface area contributed by atoms with Crippen molar-refractivity contribution in [2.75, 3.05) is 5.73 Å². The maximum Gasteiger partial charge on any atom is 0.0580 e. The molecule has 0 aliphatic carbocycles. The molecule has 2 rings (SSSR count). The van der Waals surface area contributed by atoms with E-state index in [0.29, 0.717) is 5.69 Å². The van der Waals surface area contributed by atoms with E-state index in [-0.39, 0.29) is 0 Å². The van der Waals surface area contributed by atoms with Crippen LogP contribution in [0.5, 0.6) is 0 Å². The van der Waals surface area contributed by atoms with Gasteiger partial charge in [0.15, 0.2) is 0 Å². The van der Waals surface area contributed by atoms with Crippen molar-refractivity contribution in [2.24, 2.45) is 0 Å². The van der Waals surface area contributed by atoms with Crippen molar-refractivity contribution in [1.82, 2.24) is 4.98 Å². The van der Waals surface area contributed by atoms with Crippen molar-refractivity contribution >= 4 is 17.3 Å². The second kappa shape index (κ2) is 3.68. The Morgan fingerprint density at radius 2 is 1.79 bits per heavy atom. The van der Waals surface area contributed by atoms with Gasteiger partial charge in [0.1, 0.15) is 0 Å². The predicted octanol–water partition coefficient (Wildman–Crippen LogP) is 2.98. The highest BCUT2D eigenvalue weighted by molar-refractivity contribution is 6.30. The summed E-state index contributed by atoms with van der Waals surface area (Å²) >= 11 is 5.80. The second-order valence-electron chi connectivity index (χ2n) is 2.97. The Kier molecular flexibility index (Phi) is 2.37. The summed E-state index contributed by atoms with van der Waals surface area (Å²) in [6.07, 6.45) is 3.37. The number of anilines is 1. The highest BCUT2D eigenvalue weighted by Gasteiger charge is 2.00. The van der Waals surface area contributed by atoms with Crippen molar-refractivity contribution in [3.8, 4) is 11.1 Å². The Morgan fingerprint density at radius 3 is 2.43 bits per heavy atom. The summed E-state index contributed by atoms with van der Waals surface area (Å²) in [4.78, 5) is 3.94. The van der Waals surface area contributed by atoms with Gasteiger partial charge < -0.3 is 5.73 Å². The third-order valence-corrected chi connectivity index (χ3v) is 2.26. The second-order valence-corrected chi connectivity index (χ2v) is 3.41. The first-order valence-electron chi connectivity index (χ1n) is 4.23. The van der Waals surface area contributed by atoms with E-state index in [9.17, 15) is 0 Å². The van der Waals surface area contributed by atoms with E-state index >= 15 is 0 Å². The molecule has 3 heteroatoms. The van der Waals surface area contributed by atoms with Gasteiger partial charge in [-0.15, -0.1) is 0 Å². The minimum absolute atomic E-state index is 0.676. The number of benzene rings is 1. The predicted molar refractivity (Wildman–Crippen MR) is 59.1 cm³/mol. The smallest absolute Gasteiger partial charge is 0.0580 e. The lowest BCUT2D eigenvalue weighted by Gasteiger charge is -2.04. The number of aromatic nitrogens is 1. The molecule has 0 unspecified atom stereocenters. The number of hydrogen-bond donors (Lipinski definition) is 1. The fraction of sp³-hybridized carbons (Fsp3) is 0. The first kappa shape index (κ1) is 9.03. The molecule has 2 nitrogen and oxygen atoms in total. The van der Waals surface area contributed by atoms with Crippen LogP contribution >= 0.6 is 11.6 Å². The van der Waals surface area contributed by atoms with Gasteiger partial charge in [0.2, 0.25) is 0 Å². The monoisotopic (exact) mass is 204 g/mol. The van der Waals surface area contributed by atoms with Crippen LogP contribution in [0.25, 0.3) is 11.1 Å². The minimum atomic E-state index is 0.676. The largest absolute Gasteiger partial charge is 0.397 e. The Hall–Kier alpha value is -1.54. The third-order valence-electron chi connectivity index (χ3n) is 2.01. The Balaban J connectivity index is 2.50. The molecule has 14 heavy (non-hydrogen) atoms. The van der Waals surface area contributed by atoms with Crippen molar-refractivity contribution in [1.29, 1.82) is 0 Å². The fourth-order valence-electron chi connectivity index (χ4n) is 1.30. The van der Waals surface area contributed by atoms with Crippen molar-refractivity contribution in [3.05, 3.63) is 47.7 Å². The summed E-state index contributed by atoms with van der Waals surface area (Å²) in [6.45, 7) is 0. The van der Waals surface area contributed by atoms with Gasteiger partial charge in [-0.1, -0.05) is 23.7 Å². The third kappa shape index (κ3) is 1.70. The van der Waals surface area contributed by atoms with E-state index in [4.69, 9.17) is 17.3 Å². The molecule has 0 saturated heterocycles. The van der Waals surface area contributed by atoms with Crippen LogP contribution in [0.3, 0.4) is 0 Å². The summed E-state index contributed by atoms with van der Waals surface area (Å²) < 4.78 is 0. The van der Waals surface area contributed by atoms with Crippen LogP contribution in [0, 0.1) is 0 Å². The highest BCUT2D eigenvalue weighted by atomic mass is 35.5. The molecule has 0 spiro atoms. The lowest BCUT2D eigenvalue weighted by atomic mass is 10.1. The van der Waals surface area contributed by atoms with E-state index in [2.05, 4.69) is 4.98 Å². The van der Waals surface area contributed by atoms with E-state index < -0.39 is 0 Å². The number of nitrogen functional groups attached to an aromatic ring is 1. The fourth-order valence-corrected chi connectivity index (χ4v) is 1.42. The maximum atomic E-state index is 5.80. The molecule has 0 fully saturated rings. The molecule has 0 amide bonds. The quantitative estimate of drug-likeness (QED) is 0.776. The summed E-state index contributed by atoms with van der Waals surface area (Å²) in [5.41, 5.74) is 8.50. The van der Waals surface area contributed by atoms with Crippen LogP contribution in [-0.2, 0) is 0 Å².